The Balaban J connectivity index is 1.74. The minimum atomic E-state index is -0.0767. The molecule has 0 radical (unpaired) electrons. The Morgan fingerprint density at radius 1 is 0.857 bits per heavy atom. The molecule has 1 fully saturated rings. The van der Waals surface area contributed by atoms with Gasteiger partial charge < -0.3 is 9.47 Å². The van der Waals surface area contributed by atoms with E-state index in [4.69, 9.17) is 0 Å². The molecule has 0 atom stereocenters. The third-order valence-corrected chi connectivity index (χ3v) is 5.60. The van der Waals surface area contributed by atoms with Crippen LogP contribution in [0.4, 0.5) is 0 Å². The number of pyridine rings is 1. The molecular formula is C24H26N2O2. The molecule has 28 heavy (non-hydrogen) atoms. The van der Waals surface area contributed by atoms with Gasteiger partial charge in [0.05, 0.1) is 0 Å². The lowest BCUT2D eigenvalue weighted by molar-refractivity contribution is 0.0749. The summed E-state index contributed by atoms with van der Waals surface area (Å²) in [6, 6.07) is 19.6. The SMILES string of the molecule is O=C(c1cc2ccccc2c(=O)n1CCc1ccccc1)N1CCCCCC1. The van der Waals surface area contributed by atoms with E-state index in [0.717, 1.165) is 43.3 Å². The van der Waals surface area contributed by atoms with E-state index in [9.17, 15) is 9.59 Å². The number of nitrogens with zero attached hydrogens (tertiary/aromatic N) is 2. The number of hydrogen-bond donors (Lipinski definition) is 0. The largest absolute Gasteiger partial charge is 0.337 e. The summed E-state index contributed by atoms with van der Waals surface area (Å²) in [5.41, 5.74) is 1.60. The monoisotopic (exact) mass is 374 g/mol. The molecule has 0 aliphatic carbocycles. The van der Waals surface area contributed by atoms with Crippen molar-refractivity contribution in [1.29, 1.82) is 0 Å². The molecule has 0 spiro atoms. The summed E-state index contributed by atoms with van der Waals surface area (Å²) in [6.45, 7) is 2.06. The number of aromatic nitrogens is 1. The van der Waals surface area contributed by atoms with E-state index in [1.54, 1.807) is 4.57 Å². The first-order valence-electron chi connectivity index (χ1n) is 10.2. The van der Waals surface area contributed by atoms with Gasteiger partial charge in [-0.15, -0.1) is 0 Å². The Labute approximate surface area is 165 Å². The molecule has 1 aromatic heterocycles. The minimum absolute atomic E-state index is 0.0159. The molecule has 3 aromatic rings. The number of fused-ring (bicyclic) bond motifs is 1. The van der Waals surface area contributed by atoms with E-state index in [1.165, 1.54) is 12.8 Å². The zero-order valence-electron chi connectivity index (χ0n) is 16.1. The molecule has 0 N–H and O–H groups in total. The van der Waals surface area contributed by atoms with Crippen molar-refractivity contribution in [1.82, 2.24) is 9.47 Å². The number of likely N-dealkylation sites (tertiary alicyclic amines) is 1. The van der Waals surface area contributed by atoms with Crippen molar-refractivity contribution in [2.75, 3.05) is 13.1 Å². The summed E-state index contributed by atoms with van der Waals surface area (Å²) in [7, 11) is 0. The van der Waals surface area contributed by atoms with Crippen LogP contribution < -0.4 is 5.56 Å². The lowest BCUT2D eigenvalue weighted by Gasteiger charge is -2.23. The fourth-order valence-electron chi connectivity index (χ4n) is 4.02. The van der Waals surface area contributed by atoms with Crippen LogP contribution in [0.3, 0.4) is 0 Å². The van der Waals surface area contributed by atoms with Gasteiger partial charge in [-0.3, -0.25) is 9.59 Å². The number of rotatable bonds is 4. The van der Waals surface area contributed by atoms with E-state index >= 15 is 0 Å². The number of carbonyl (C=O) groups is 1. The third kappa shape index (κ3) is 3.86. The van der Waals surface area contributed by atoms with Crippen molar-refractivity contribution in [2.45, 2.75) is 38.6 Å². The van der Waals surface area contributed by atoms with Gasteiger partial charge >= 0.3 is 0 Å². The van der Waals surface area contributed by atoms with Gasteiger partial charge in [-0.1, -0.05) is 61.4 Å². The molecule has 1 aliphatic rings. The van der Waals surface area contributed by atoms with Gasteiger partial charge in [0.2, 0.25) is 0 Å². The van der Waals surface area contributed by atoms with Crippen molar-refractivity contribution in [2.24, 2.45) is 0 Å². The van der Waals surface area contributed by atoms with Gasteiger partial charge in [0.25, 0.3) is 11.5 Å². The fourth-order valence-corrected chi connectivity index (χ4v) is 4.02. The second-order valence-electron chi connectivity index (χ2n) is 7.52. The fraction of sp³-hybridized carbons (Fsp3) is 0.333. The molecule has 2 heterocycles. The number of benzene rings is 2. The summed E-state index contributed by atoms with van der Waals surface area (Å²) in [6.07, 6.45) is 5.13. The van der Waals surface area contributed by atoms with Crippen LogP contribution in [0.5, 0.6) is 0 Å². The Bertz CT molecular complexity index is 1020. The number of hydrogen-bond acceptors (Lipinski definition) is 2. The summed E-state index contributed by atoms with van der Waals surface area (Å²) in [4.78, 5) is 28.5. The maximum absolute atomic E-state index is 13.3. The van der Waals surface area contributed by atoms with Crippen molar-refractivity contribution in [3.63, 3.8) is 0 Å². The van der Waals surface area contributed by atoms with Crippen LogP contribution in [0.1, 0.15) is 41.7 Å². The summed E-state index contributed by atoms with van der Waals surface area (Å²) in [5, 5.41) is 1.50. The highest BCUT2D eigenvalue weighted by Crippen LogP contribution is 2.17. The molecular weight excluding hydrogens is 348 g/mol. The average molecular weight is 374 g/mol. The second kappa shape index (κ2) is 8.42. The average Bonchev–Trinajstić information content (AvgIpc) is 3.03. The van der Waals surface area contributed by atoms with Crippen molar-refractivity contribution >= 4 is 16.7 Å². The Kier molecular flexibility index (Phi) is 5.56. The number of amides is 1. The van der Waals surface area contributed by atoms with E-state index in [-0.39, 0.29) is 11.5 Å². The van der Waals surface area contributed by atoms with Crippen LogP contribution in [0, 0.1) is 0 Å². The van der Waals surface area contributed by atoms with Gasteiger partial charge in [-0.2, -0.15) is 0 Å². The Morgan fingerprint density at radius 2 is 1.54 bits per heavy atom. The van der Waals surface area contributed by atoms with Crippen LogP contribution in [-0.4, -0.2) is 28.5 Å². The molecule has 144 valence electrons. The third-order valence-electron chi connectivity index (χ3n) is 5.60. The van der Waals surface area contributed by atoms with Crippen molar-refractivity contribution < 1.29 is 4.79 Å². The summed E-state index contributed by atoms with van der Waals surface area (Å²) >= 11 is 0. The molecule has 1 amide bonds. The van der Waals surface area contributed by atoms with Crippen molar-refractivity contribution in [3.8, 4) is 0 Å². The highest BCUT2D eigenvalue weighted by atomic mass is 16.2. The van der Waals surface area contributed by atoms with E-state index in [2.05, 4.69) is 12.1 Å². The van der Waals surface area contributed by atoms with Crippen LogP contribution in [0.15, 0.2) is 65.5 Å². The van der Waals surface area contributed by atoms with Crippen LogP contribution in [-0.2, 0) is 13.0 Å². The lowest BCUT2D eigenvalue weighted by Crippen LogP contribution is -2.37. The molecule has 0 saturated carbocycles. The Morgan fingerprint density at radius 3 is 2.29 bits per heavy atom. The normalized spacial score (nSPS) is 14.8. The zero-order valence-corrected chi connectivity index (χ0v) is 16.1. The number of aryl methyl sites for hydroxylation is 1. The highest BCUT2D eigenvalue weighted by Gasteiger charge is 2.22. The van der Waals surface area contributed by atoms with Crippen LogP contribution in [0.2, 0.25) is 0 Å². The van der Waals surface area contributed by atoms with E-state index in [1.807, 2.05) is 53.4 Å². The van der Waals surface area contributed by atoms with Gasteiger partial charge in [0.1, 0.15) is 5.69 Å². The van der Waals surface area contributed by atoms with Crippen LogP contribution >= 0.6 is 0 Å². The Hall–Kier alpha value is -2.88. The maximum Gasteiger partial charge on any atom is 0.270 e. The topological polar surface area (TPSA) is 42.3 Å². The molecule has 2 aromatic carbocycles. The molecule has 1 saturated heterocycles. The second-order valence-corrected chi connectivity index (χ2v) is 7.52. The smallest absolute Gasteiger partial charge is 0.270 e. The highest BCUT2D eigenvalue weighted by molar-refractivity contribution is 5.96. The molecule has 1 aliphatic heterocycles. The number of carbonyl (C=O) groups excluding carboxylic acids is 1. The van der Waals surface area contributed by atoms with E-state index < -0.39 is 0 Å². The molecule has 4 nitrogen and oxygen atoms in total. The maximum atomic E-state index is 13.3. The molecule has 0 unspecified atom stereocenters. The molecule has 4 heteroatoms. The molecule has 4 rings (SSSR count). The zero-order chi connectivity index (χ0) is 19.3. The van der Waals surface area contributed by atoms with Gasteiger partial charge in [0.15, 0.2) is 0 Å². The minimum Gasteiger partial charge on any atom is -0.337 e. The molecule has 0 bridgehead atoms. The van der Waals surface area contributed by atoms with Gasteiger partial charge in [0, 0.05) is 25.0 Å². The van der Waals surface area contributed by atoms with Gasteiger partial charge in [-0.05, 0) is 42.3 Å². The summed E-state index contributed by atoms with van der Waals surface area (Å²) in [5.74, 6) is -0.0159. The predicted molar refractivity (Wildman–Crippen MR) is 113 cm³/mol. The standard InChI is InChI=1S/C24H26N2O2/c27-23-21-13-7-6-12-20(21)18-22(24(28)25-15-8-1-2-9-16-25)26(23)17-14-19-10-4-3-5-11-19/h3-7,10-13,18H,1-2,8-9,14-17H2. The first-order valence-corrected chi connectivity index (χ1v) is 10.2. The van der Waals surface area contributed by atoms with Crippen molar-refractivity contribution in [3.05, 3.63) is 82.3 Å². The van der Waals surface area contributed by atoms with Gasteiger partial charge in [-0.25, -0.2) is 0 Å². The predicted octanol–water partition coefficient (Wildman–Crippen LogP) is 4.26. The van der Waals surface area contributed by atoms with Crippen LogP contribution in [0.25, 0.3) is 10.8 Å². The first kappa shape index (κ1) is 18.5. The first-order chi connectivity index (χ1) is 13.7. The summed E-state index contributed by atoms with van der Waals surface area (Å²) < 4.78 is 1.68. The quantitative estimate of drug-likeness (QED) is 0.685. The lowest BCUT2D eigenvalue weighted by atomic mass is 10.1. The van der Waals surface area contributed by atoms with E-state index in [0.29, 0.717) is 17.6 Å².